The number of thiophene rings is 1. The van der Waals surface area contributed by atoms with Gasteiger partial charge in [-0.25, -0.2) is 13.1 Å². The fraction of sp³-hybridized carbons (Fsp3) is 0.429. The van der Waals surface area contributed by atoms with Crippen LogP contribution in [0.1, 0.15) is 0 Å². The molecule has 3 rings (SSSR count). The van der Waals surface area contributed by atoms with Crippen molar-refractivity contribution in [3.05, 3.63) is 29.3 Å². The summed E-state index contributed by atoms with van der Waals surface area (Å²) in [5.74, 6) is 0. The molecule has 2 heterocycles. The van der Waals surface area contributed by atoms with Gasteiger partial charge in [-0.3, -0.25) is 4.90 Å². The topological polar surface area (TPSA) is 61.4 Å². The van der Waals surface area contributed by atoms with Crippen LogP contribution in [0.15, 0.2) is 28.5 Å². The minimum atomic E-state index is -3.45. The van der Waals surface area contributed by atoms with E-state index in [0.717, 1.165) is 42.8 Å². The third-order valence-electron chi connectivity index (χ3n) is 3.65. The van der Waals surface area contributed by atoms with E-state index in [4.69, 9.17) is 11.6 Å². The number of nitrogens with one attached hydrogen (secondary N) is 2. The Balaban J connectivity index is 0.00000144. The molecular weight excluding hydrogens is 413 g/mol. The van der Waals surface area contributed by atoms with Crippen molar-refractivity contribution in [3.8, 4) is 0 Å². The van der Waals surface area contributed by atoms with E-state index in [2.05, 4.69) is 14.9 Å². The first-order chi connectivity index (χ1) is 10.5. The van der Waals surface area contributed by atoms with Crippen molar-refractivity contribution in [2.45, 2.75) is 4.21 Å². The highest BCUT2D eigenvalue weighted by atomic mass is 35.5. The molecular formula is C14H20Cl3N3O2S2. The van der Waals surface area contributed by atoms with E-state index in [1.807, 2.05) is 6.07 Å². The molecule has 1 aromatic carbocycles. The Morgan fingerprint density at radius 1 is 1.21 bits per heavy atom. The fourth-order valence-electron chi connectivity index (χ4n) is 2.47. The van der Waals surface area contributed by atoms with Crippen LogP contribution in [0, 0.1) is 0 Å². The average molecular weight is 433 g/mol. The molecule has 5 nitrogen and oxygen atoms in total. The Hall–Kier alpha value is -0.120. The predicted molar refractivity (Wildman–Crippen MR) is 106 cm³/mol. The molecule has 1 aromatic heterocycles. The monoisotopic (exact) mass is 431 g/mol. The number of fused-ring (bicyclic) bond motifs is 1. The van der Waals surface area contributed by atoms with Gasteiger partial charge in [0.2, 0.25) is 10.0 Å². The second-order valence-corrected chi connectivity index (χ2v) is 8.75. The van der Waals surface area contributed by atoms with Gasteiger partial charge in [-0.05, 0) is 29.7 Å². The lowest BCUT2D eigenvalue weighted by Gasteiger charge is -2.26. The van der Waals surface area contributed by atoms with Gasteiger partial charge in [0.25, 0.3) is 0 Å². The van der Waals surface area contributed by atoms with Crippen molar-refractivity contribution in [1.29, 1.82) is 0 Å². The van der Waals surface area contributed by atoms with Crippen LogP contribution in [0.3, 0.4) is 0 Å². The number of nitrogens with zero attached hydrogens (tertiary/aromatic N) is 1. The van der Waals surface area contributed by atoms with Gasteiger partial charge in [0.1, 0.15) is 4.21 Å². The van der Waals surface area contributed by atoms with E-state index in [1.165, 1.54) is 11.3 Å². The molecule has 10 heteroatoms. The highest BCUT2D eigenvalue weighted by Crippen LogP contribution is 2.30. The van der Waals surface area contributed by atoms with Crippen molar-refractivity contribution >= 4 is 67.9 Å². The summed E-state index contributed by atoms with van der Waals surface area (Å²) in [5, 5.41) is 4.75. The number of piperazine rings is 1. The summed E-state index contributed by atoms with van der Waals surface area (Å²) in [6.45, 7) is 5.01. The van der Waals surface area contributed by atoms with Crippen molar-refractivity contribution < 1.29 is 8.42 Å². The van der Waals surface area contributed by atoms with Crippen LogP contribution in [-0.2, 0) is 10.0 Å². The number of benzene rings is 1. The highest BCUT2D eigenvalue weighted by Gasteiger charge is 2.18. The number of rotatable bonds is 5. The normalized spacial score (nSPS) is 15.7. The van der Waals surface area contributed by atoms with Gasteiger partial charge in [-0.2, -0.15) is 0 Å². The van der Waals surface area contributed by atoms with Crippen LogP contribution in [0.4, 0.5) is 0 Å². The maximum atomic E-state index is 12.4. The first-order valence-corrected chi connectivity index (χ1v) is 9.84. The third kappa shape index (κ3) is 5.44. The molecule has 0 unspecified atom stereocenters. The van der Waals surface area contributed by atoms with Crippen LogP contribution in [-0.4, -0.2) is 52.6 Å². The zero-order chi connectivity index (χ0) is 15.6. The van der Waals surface area contributed by atoms with Gasteiger partial charge < -0.3 is 5.32 Å². The zero-order valence-corrected chi connectivity index (χ0v) is 16.8. The Morgan fingerprint density at radius 2 is 1.92 bits per heavy atom. The quantitative estimate of drug-likeness (QED) is 0.762. The summed E-state index contributed by atoms with van der Waals surface area (Å²) in [6, 6.07) is 7.09. The molecule has 1 aliphatic rings. The molecule has 0 aliphatic carbocycles. The largest absolute Gasteiger partial charge is 0.314 e. The molecule has 24 heavy (non-hydrogen) atoms. The molecule has 2 aromatic rings. The number of sulfonamides is 1. The summed E-state index contributed by atoms with van der Waals surface area (Å²) in [5.41, 5.74) is 0. The lowest BCUT2D eigenvalue weighted by atomic mass is 10.3. The van der Waals surface area contributed by atoms with E-state index < -0.39 is 10.0 Å². The van der Waals surface area contributed by atoms with Gasteiger partial charge in [0.15, 0.2) is 0 Å². The molecule has 0 atom stereocenters. The molecule has 0 radical (unpaired) electrons. The van der Waals surface area contributed by atoms with Gasteiger partial charge in [-0.15, -0.1) is 36.2 Å². The van der Waals surface area contributed by atoms with Crippen LogP contribution < -0.4 is 10.0 Å². The summed E-state index contributed by atoms with van der Waals surface area (Å²) in [4.78, 5) is 2.25. The third-order valence-corrected chi connectivity index (χ3v) is 6.94. The molecule has 136 valence electrons. The maximum Gasteiger partial charge on any atom is 0.250 e. The fourth-order valence-corrected chi connectivity index (χ4v) is 5.09. The van der Waals surface area contributed by atoms with Crippen LogP contribution in [0.2, 0.25) is 5.02 Å². The molecule has 0 saturated carbocycles. The Bertz CT molecular complexity index is 762. The number of hydrogen-bond donors (Lipinski definition) is 2. The van der Waals surface area contributed by atoms with E-state index in [9.17, 15) is 8.42 Å². The molecule has 1 saturated heterocycles. The number of hydrogen-bond acceptors (Lipinski definition) is 5. The van der Waals surface area contributed by atoms with Crippen LogP contribution >= 0.6 is 47.8 Å². The van der Waals surface area contributed by atoms with Gasteiger partial charge in [0, 0.05) is 49.0 Å². The second kappa shape index (κ2) is 9.54. The van der Waals surface area contributed by atoms with Crippen LogP contribution in [0.5, 0.6) is 0 Å². The molecule has 1 aliphatic heterocycles. The Kier molecular flexibility index (Phi) is 8.72. The van der Waals surface area contributed by atoms with Crippen molar-refractivity contribution in [1.82, 2.24) is 14.9 Å². The SMILES string of the molecule is Cl.Cl.O=S(=O)(NCCN1CCNCC1)c1cc2cc(Cl)ccc2s1. The standard InChI is InChI=1S/C14H18ClN3O2S2.2ClH/c15-12-1-2-13-11(9-12)10-14(21-13)22(19,20)17-5-8-18-6-3-16-4-7-18;;/h1-2,9-10,16-17H,3-8H2;2*1H. The van der Waals surface area contributed by atoms with Crippen molar-refractivity contribution in [3.63, 3.8) is 0 Å². The maximum absolute atomic E-state index is 12.4. The number of halogens is 3. The molecule has 0 spiro atoms. The Morgan fingerprint density at radius 3 is 2.62 bits per heavy atom. The first kappa shape index (κ1) is 21.9. The minimum absolute atomic E-state index is 0. The zero-order valence-electron chi connectivity index (χ0n) is 12.8. The molecule has 2 N–H and O–H groups in total. The van der Waals surface area contributed by atoms with Gasteiger partial charge in [0.05, 0.1) is 0 Å². The van der Waals surface area contributed by atoms with E-state index >= 15 is 0 Å². The lowest BCUT2D eigenvalue weighted by Crippen LogP contribution is -2.46. The average Bonchev–Trinajstić information content (AvgIpc) is 2.92. The lowest BCUT2D eigenvalue weighted by molar-refractivity contribution is 0.245. The second-order valence-electron chi connectivity index (χ2n) is 5.24. The Labute approximate surface area is 163 Å². The van der Waals surface area contributed by atoms with E-state index in [0.29, 0.717) is 15.8 Å². The minimum Gasteiger partial charge on any atom is -0.314 e. The molecule has 0 bridgehead atoms. The summed E-state index contributed by atoms with van der Waals surface area (Å²) in [7, 11) is -3.45. The molecule has 0 amide bonds. The molecule has 1 fully saturated rings. The summed E-state index contributed by atoms with van der Waals surface area (Å²) in [6.07, 6.45) is 0. The highest BCUT2D eigenvalue weighted by molar-refractivity contribution is 7.91. The smallest absolute Gasteiger partial charge is 0.250 e. The first-order valence-electron chi connectivity index (χ1n) is 7.16. The van der Waals surface area contributed by atoms with Crippen LogP contribution in [0.25, 0.3) is 10.1 Å². The van der Waals surface area contributed by atoms with Gasteiger partial charge in [-0.1, -0.05) is 11.6 Å². The van der Waals surface area contributed by atoms with E-state index in [-0.39, 0.29) is 24.8 Å². The predicted octanol–water partition coefficient (Wildman–Crippen LogP) is 2.58. The van der Waals surface area contributed by atoms with Gasteiger partial charge >= 0.3 is 0 Å². The summed E-state index contributed by atoms with van der Waals surface area (Å²) < 4.78 is 28.7. The van der Waals surface area contributed by atoms with Crippen molar-refractivity contribution in [2.24, 2.45) is 0 Å². The summed E-state index contributed by atoms with van der Waals surface area (Å²) >= 11 is 7.21. The van der Waals surface area contributed by atoms with E-state index in [1.54, 1.807) is 18.2 Å². The van der Waals surface area contributed by atoms with Crippen molar-refractivity contribution in [2.75, 3.05) is 39.3 Å².